The Labute approximate surface area is 104 Å². The molecule has 1 saturated carbocycles. The molecule has 0 spiro atoms. The highest BCUT2D eigenvalue weighted by Gasteiger charge is 2.22. The Bertz CT molecular complexity index is 375. The number of hydrogen-bond acceptors (Lipinski definition) is 2. The summed E-state index contributed by atoms with van der Waals surface area (Å²) in [6.07, 6.45) is 6.15. The fraction of sp³-hybridized carbons (Fsp3) is 0.600. The number of rotatable bonds is 2. The van der Waals surface area contributed by atoms with Crippen LogP contribution in [0.1, 0.15) is 43.2 Å². The van der Waals surface area contributed by atoms with Crippen LogP contribution in [0, 0.1) is 13.8 Å². The summed E-state index contributed by atoms with van der Waals surface area (Å²) in [6.45, 7) is 4.19. The molecule has 1 aromatic carbocycles. The van der Waals surface area contributed by atoms with Gasteiger partial charge in [-0.05, 0) is 50.3 Å². The Morgan fingerprint density at radius 2 is 1.88 bits per heavy atom. The van der Waals surface area contributed by atoms with E-state index in [1.807, 2.05) is 0 Å². The van der Waals surface area contributed by atoms with Crippen molar-refractivity contribution in [3.05, 3.63) is 29.3 Å². The first-order chi connectivity index (χ1) is 8.16. The minimum Gasteiger partial charge on any atom is -0.489 e. The molecule has 0 radical (unpaired) electrons. The lowest BCUT2D eigenvalue weighted by Crippen LogP contribution is -2.38. The van der Waals surface area contributed by atoms with Crippen molar-refractivity contribution in [2.75, 3.05) is 0 Å². The van der Waals surface area contributed by atoms with E-state index in [4.69, 9.17) is 10.5 Å². The summed E-state index contributed by atoms with van der Waals surface area (Å²) in [5.74, 6) is 1.01. The molecular weight excluding hydrogens is 210 g/mol. The van der Waals surface area contributed by atoms with E-state index in [0.717, 1.165) is 18.6 Å². The van der Waals surface area contributed by atoms with Crippen LogP contribution < -0.4 is 10.5 Å². The van der Waals surface area contributed by atoms with Gasteiger partial charge in [-0.2, -0.15) is 0 Å². The first kappa shape index (κ1) is 12.4. The summed E-state index contributed by atoms with van der Waals surface area (Å²) >= 11 is 0. The van der Waals surface area contributed by atoms with E-state index >= 15 is 0 Å². The zero-order valence-corrected chi connectivity index (χ0v) is 10.9. The summed E-state index contributed by atoms with van der Waals surface area (Å²) in [6, 6.07) is 6.55. The quantitative estimate of drug-likeness (QED) is 0.795. The predicted molar refractivity (Wildman–Crippen MR) is 71.4 cm³/mol. The molecule has 1 aliphatic rings. The average molecular weight is 233 g/mol. The van der Waals surface area contributed by atoms with Crippen LogP contribution in [0.3, 0.4) is 0 Å². The third-order valence-electron chi connectivity index (χ3n) is 3.63. The molecule has 2 nitrogen and oxygen atoms in total. The van der Waals surface area contributed by atoms with Crippen LogP contribution in [-0.4, -0.2) is 12.1 Å². The number of ether oxygens (including phenoxy) is 1. The number of benzene rings is 1. The molecule has 94 valence electrons. The molecule has 2 N–H and O–H groups in total. The third-order valence-corrected chi connectivity index (χ3v) is 3.63. The van der Waals surface area contributed by atoms with Crippen molar-refractivity contribution >= 4 is 0 Å². The van der Waals surface area contributed by atoms with Gasteiger partial charge >= 0.3 is 0 Å². The maximum absolute atomic E-state index is 6.19. The third kappa shape index (κ3) is 3.22. The molecule has 1 fully saturated rings. The molecule has 17 heavy (non-hydrogen) atoms. The molecule has 0 bridgehead atoms. The summed E-state index contributed by atoms with van der Waals surface area (Å²) in [4.78, 5) is 0. The molecule has 0 aromatic heterocycles. The van der Waals surface area contributed by atoms with Gasteiger partial charge in [-0.3, -0.25) is 0 Å². The highest BCUT2D eigenvalue weighted by Crippen LogP contribution is 2.25. The van der Waals surface area contributed by atoms with Gasteiger partial charge in [-0.15, -0.1) is 0 Å². The highest BCUT2D eigenvalue weighted by molar-refractivity contribution is 5.36. The van der Waals surface area contributed by atoms with Gasteiger partial charge in [0.1, 0.15) is 11.9 Å². The van der Waals surface area contributed by atoms with Crippen LogP contribution in [0.5, 0.6) is 5.75 Å². The second-order valence-corrected chi connectivity index (χ2v) is 5.23. The molecule has 0 amide bonds. The Morgan fingerprint density at radius 3 is 2.71 bits per heavy atom. The smallest absolute Gasteiger partial charge is 0.122 e. The minimum absolute atomic E-state index is 0.192. The summed E-state index contributed by atoms with van der Waals surface area (Å²) < 4.78 is 6.13. The fourth-order valence-corrected chi connectivity index (χ4v) is 2.45. The minimum atomic E-state index is 0.192. The van der Waals surface area contributed by atoms with Gasteiger partial charge < -0.3 is 10.5 Å². The SMILES string of the molecule is Cc1ccc(C)c(OC2CCCCCC2N)c1. The molecule has 1 aromatic rings. The molecule has 2 atom stereocenters. The van der Waals surface area contributed by atoms with Crippen molar-refractivity contribution < 1.29 is 4.74 Å². The summed E-state index contributed by atoms with van der Waals surface area (Å²) in [5.41, 5.74) is 8.63. The predicted octanol–water partition coefficient (Wildman–Crippen LogP) is 3.34. The molecule has 2 heteroatoms. The lowest BCUT2D eigenvalue weighted by atomic mass is 10.1. The van der Waals surface area contributed by atoms with E-state index in [1.165, 1.54) is 30.4 Å². The van der Waals surface area contributed by atoms with E-state index in [-0.39, 0.29) is 12.1 Å². The topological polar surface area (TPSA) is 35.2 Å². The number of nitrogens with two attached hydrogens (primary N) is 1. The Balaban J connectivity index is 2.10. The van der Waals surface area contributed by atoms with Gasteiger partial charge in [0.05, 0.1) is 0 Å². The van der Waals surface area contributed by atoms with Crippen LogP contribution in [0.4, 0.5) is 0 Å². The highest BCUT2D eigenvalue weighted by atomic mass is 16.5. The van der Waals surface area contributed by atoms with E-state index in [9.17, 15) is 0 Å². The molecule has 0 saturated heterocycles. The van der Waals surface area contributed by atoms with Gasteiger partial charge in [-0.1, -0.05) is 25.0 Å². The van der Waals surface area contributed by atoms with Crippen LogP contribution in [0.15, 0.2) is 18.2 Å². The van der Waals surface area contributed by atoms with E-state index in [0.29, 0.717) is 0 Å². The van der Waals surface area contributed by atoms with Crippen molar-refractivity contribution in [1.29, 1.82) is 0 Å². The van der Waals surface area contributed by atoms with E-state index in [1.54, 1.807) is 0 Å². The van der Waals surface area contributed by atoms with Gasteiger partial charge in [0.15, 0.2) is 0 Å². The van der Waals surface area contributed by atoms with E-state index in [2.05, 4.69) is 32.0 Å². The summed E-state index contributed by atoms with van der Waals surface area (Å²) in [5, 5.41) is 0. The Kier molecular flexibility index (Phi) is 4.06. The molecule has 0 heterocycles. The lowest BCUT2D eigenvalue weighted by molar-refractivity contribution is 0.161. The van der Waals surface area contributed by atoms with Crippen LogP contribution in [-0.2, 0) is 0 Å². The Hall–Kier alpha value is -1.02. The van der Waals surface area contributed by atoms with E-state index < -0.39 is 0 Å². The zero-order valence-electron chi connectivity index (χ0n) is 10.9. The number of aryl methyl sites for hydroxylation is 2. The largest absolute Gasteiger partial charge is 0.489 e. The van der Waals surface area contributed by atoms with Crippen LogP contribution in [0.25, 0.3) is 0 Å². The first-order valence-electron chi connectivity index (χ1n) is 6.66. The maximum atomic E-state index is 6.19. The second kappa shape index (κ2) is 5.54. The average Bonchev–Trinajstić information content (AvgIpc) is 2.50. The maximum Gasteiger partial charge on any atom is 0.122 e. The van der Waals surface area contributed by atoms with Gasteiger partial charge in [0.2, 0.25) is 0 Å². The lowest BCUT2D eigenvalue weighted by Gasteiger charge is -2.24. The Morgan fingerprint density at radius 1 is 1.12 bits per heavy atom. The fourth-order valence-electron chi connectivity index (χ4n) is 2.45. The molecule has 1 aliphatic carbocycles. The van der Waals surface area contributed by atoms with Gasteiger partial charge in [0, 0.05) is 6.04 Å². The standard InChI is InChI=1S/C15H23NO/c1-11-8-9-12(2)15(10-11)17-14-7-5-3-4-6-13(14)16/h8-10,13-14H,3-7,16H2,1-2H3. The zero-order chi connectivity index (χ0) is 12.3. The molecule has 0 aliphatic heterocycles. The van der Waals surface area contributed by atoms with Gasteiger partial charge in [0.25, 0.3) is 0 Å². The molecule has 2 unspecified atom stereocenters. The van der Waals surface area contributed by atoms with Crippen molar-refractivity contribution in [1.82, 2.24) is 0 Å². The van der Waals surface area contributed by atoms with Crippen LogP contribution in [0.2, 0.25) is 0 Å². The van der Waals surface area contributed by atoms with Crippen LogP contribution >= 0.6 is 0 Å². The summed E-state index contributed by atoms with van der Waals surface area (Å²) in [7, 11) is 0. The van der Waals surface area contributed by atoms with Crippen molar-refractivity contribution in [2.45, 2.75) is 58.1 Å². The van der Waals surface area contributed by atoms with Crippen molar-refractivity contribution in [3.8, 4) is 5.75 Å². The first-order valence-corrected chi connectivity index (χ1v) is 6.66. The second-order valence-electron chi connectivity index (χ2n) is 5.23. The van der Waals surface area contributed by atoms with Crippen molar-refractivity contribution in [3.63, 3.8) is 0 Å². The monoisotopic (exact) mass is 233 g/mol. The molecular formula is C15H23NO. The normalized spacial score (nSPS) is 25.4. The molecule has 2 rings (SSSR count). The van der Waals surface area contributed by atoms with Crippen molar-refractivity contribution in [2.24, 2.45) is 5.73 Å². The number of hydrogen-bond donors (Lipinski definition) is 1. The van der Waals surface area contributed by atoms with Gasteiger partial charge in [-0.25, -0.2) is 0 Å².